The van der Waals surface area contributed by atoms with Gasteiger partial charge in [-0.25, -0.2) is 8.78 Å². The third kappa shape index (κ3) is 4.04. The van der Waals surface area contributed by atoms with Gasteiger partial charge in [0.1, 0.15) is 17.6 Å². The molecule has 3 rings (SSSR count). The zero-order valence-corrected chi connectivity index (χ0v) is 17.1. The third-order valence-corrected chi connectivity index (χ3v) is 5.50. The summed E-state index contributed by atoms with van der Waals surface area (Å²) in [6, 6.07) is 8.67. The van der Waals surface area contributed by atoms with E-state index in [4.69, 9.17) is 14.7 Å². The van der Waals surface area contributed by atoms with E-state index in [-0.39, 0.29) is 17.1 Å². The van der Waals surface area contributed by atoms with Crippen molar-refractivity contribution in [2.45, 2.75) is 6.92 Å². The monoisotopic (exact) mass is 498 g/mol. The number of halogens is 3. The average molecular weight is 498 g/mol. The van der Waals surface area contributed by atoms with E-state index in [2.05, 4.69) is 21.2 Å². The molecule has 0 amide bonds. The maximum absolute atomic E-state index is 14.9. The highest BCUT2D eigenvalue weighted by atomic mass is 127. The molecule has 0 N–H and O–H groups in total. The molecule has 3 aromatic rings. The first-order valence-electron chi connectivity index (χ1n) is 7.87. The van der Waals surface area contributed by atoms with Gasteiger partial charge in [-0.15, -0.1) is 0 Å². The van der Waals surface area contributed by atoms with Gasteiger partial charge in [0.2, 0.25) is 0 Å². The van der Waals surface area contributed by atoms with E-state index in [0.717, 1.165) is 11.5 Å². The van der Waals surface area contributed by atoms with Crippen LogP contribution in [0.2, 0.25) is 0 Å². The van der Waals surface area contributed by atoms with Gasteiger partial charge in [0.15, 0.2) is 11.6 Å². The maximum Gasteiger partial charge on any atom is 0.171 e. The highest BCUT2D eigenvalue weighted by Crippen LogP contribution is 2.38. The number of nitrogens with zero attached hydrogens (tertiary/aromatic N) is 2. The molecule has 0 atom stereocenters. The Morgan fingerprint density at radius 2 is 2.07 bits per heavy atom. The fourth-order valence-corrected chi connectivity index (χ4v) is 3.91. The number of aromatic nitrogens is 1. The highest BCUT2D eigenvalue weighted by Gasteiger charge is 2.17. The first-order valence-corrected chi connectivity index (χ1v) is 11.2. The zero-order chi connectivity index (χ0) is 19.4. The minimum atomic E-state index is -0.659. The van der Waals surface area contributed by atoms with Crippen molar-refractivity contribution in [3.05, 3.63) is 65.6 Å². The summed E-state index contributed by atoms with van der Waals surface area (Å²) in [6.45, 7) is 2.31. The summed E-state index contributed by atoms with van der Waals surface area (Å²) in [5.41, 5.74) is 1.01. The second-order valence-electron chi connectivity index (χ2n) is 5.36. The van der Waals surface area contributed by atoms with Crippen molar-refractivity contribution in [1.29, 1.82) is 5.26 Å². The van der Waals surface area contributed by atoms with Crippen molar-refractivity contribution in [1.82, 2.24) is 3.97 Å². The van der Waals surface area contributed by atoms with Crippen molar-refractivity contribution in [2.75, 3.05) is 6.61 Å². The van der Waals surface area contributed by atoms with Crippen LogP contribution in [0.25, 0.3) is 17.0 Å². The summed E-state index contributed by atoms with van der Waals surface area (Å²) in [5.74, 6) is -1.09. The molecule has 0 bridgehead atoms. The Balaban J connectivity index is 2.14. The second kappa shape index (κ2) is 8.63. The lowest BCUT2D eigenvalue weighted by Crippen LogP contribution is -1.95. The molecule has 0 aliphatic rings. The van der Waals surface area contributed by atoms with Gasteiger partial charge in [0.05, 0.1) is 23.9 Å². The minimum Gasteiger partial charge on any atom is -0.501 e. The van der Waals surface area contributed by atoms with Gasteiger partial charge in [0, 0.05) is 59.6 Å². The summed E-state index contributed by atoms with van der Waals surface area (Å²) in [7, 11) is 1.41. The number of ether oxygens (including phenoxy) is 2. The molecule has 0 saturated heterocycles. The fraction of sp³-hybridized carbons (Fsp3) is 0.105. The Labute approximate surface area is 171 Å². The SMILES string of the molecule is CCO/C=C/c1c(Oc2ccc(F)c(C#N)c2)c(F)cc2c1ccn2SI. The van der Waals surface area contributed by atoms with Gasteiger partial charge in [0.25, 0.3) is 0 Å². The highest BCUT2D eigenvalue weighted by molar-refractivity contribution is 14.2. The molecule has 2 aromatic carbocycles. The smallest absolute Gasteiger partial charge is 0.171 e. The van der Waals surface area contributed by atoms with E-state index in [1.807, 2.05) is 23.2 Å². The molecule has 8 heteroatoms. The minimum absolute atomic E-state index is 0.0230. The van der Waals surface area contributed by atoms with Crippen LogP contribution < -0.4 is 4.74 Å². The van der Waals surface area contributed by atoms with Crippen LogP contribution in [0.1, 0.15) is 18.1 Å². The molecule has 0 spiro atoms. The van der Waals surface area contributed by atoms with Crippen molar-refractivity contribution in [3.8, 4) is 17.6 Å². The molecule has 0 saturated carbocycles. The normalized spacial score (nSPS) is 11.1. The van der Waals surface area contributed by atoms with Crippen LogP contribution in [0, 0.1) is 23.0 Å². The summed E-state index contributed by atoms with van der Waals surface area (Å²) in [6.07, 6.45) is 4.93. The topological polar surface area (TPSA) is 47.2 Å². The van der Waals surface area contributed by atoms with Crippen LogP contribution in [0.15, 0.2) is 42.8 Å². The van der Waals surface area contributed by atoms with Crippen LogP contribution in [0.3, 0.4) is 0 Å². The fourth-order valence-electron chi connectivity index (χ4n) is 2.55. The number of fused-ring (bicyclic) bond motifs is 1. The first-order chi connectivity index (χ1) is 13.1. The van der Waals surface area contributed by atoms with Crippen LogP contribution in [0.4, 0.5) is 8.78 Å². The maximum atomic E-state index is 14.9. The lowest BCUT2D eigenvalue weighted by molar-refractivity contribution is 0.272. The van der Waals surface area contributed by atoms with Crippen LogP contribution >= 0.6 is 30.3 Å². The Morgan fingerprint density at radius 3 is 2.78 bits per heavy atom. The van der Waals surface area contributed by atoms with E-state index in [1.54, 1.807) is 12.1 Å². The molecule has 0 aliphatic carbocycles. The van der Waals surface area contributed by atoms with Crippen LogP contribution in [0.5, 0.6) is 11.5 Å². The third-order valence-electron chi connectivity index (χ3n) is 3.76. The zero-order valence-electron chi connectivity index (χ0n) is 14.1. The molecule has 0 radical (unpaired) electrons. The lowest BCUT2D eigenvalue weighted by atomic mass is 10.1. The van der Waals surface area contributed by atoms with Gasteiger partial charge < -0.3 is 9.47 Å². The predicted octanol–water partition coefficient (Wildman–Crippen LogP) is 6.44. The average Bonchev–Trinajstić information content (AvgIpc) is 3.07. The molecule has 0 unspecified atom stereocenters. The Kier molecular flexibility index (Phi) is 6.23. The van der Waals surface area contributed by atoms with Crippen molar-refractivity contribution < 1.29 is 18.3 Å². The van der Waals surface area contributed by atoms with Crippen molar-refractivity contribution >= 4 is 47.3 Å². The van der Waals surface area contributed by atoms with E-state index in [0.29, 0.717) is 17.7 Å². The van der Waals surface area contributed by atoms with E-state index >= 15 is 0 Å². The largest absolute Gasteiger partial charge is 0.501 e. The molecule has 27 heavy (non-hydrogen) atoms. The van der Waals surface area contributed by atoms with Crippen LogP contribution in [-0.4, -0.2) is 10.6 Å². The second-order valence-corrected chi connectivity index (χ2v) is 7.07. The van der Waals surface area contributed by atoms with E-state index in [9.17, 15) is 8.78 Å². The lowest BCUT2D eigenvalue weighted by Gasteiger charge is -2.12. The predicted molar refractivity (Wildman–Crippen MR) is 111 cm³/mol. The van der Waals surface area contributed by atoms with E-state index in [1.165, 1.54) is 33.6 Å². The number of benzene rings is 2. The molecular weight excluding hydrogens is 485 g/mol. The number of hydrogen-bond acceptors (Lipinski definition) is 4. The molecule has 1 heterocycles. The summed E-state index contributed by atoms with van der Waals surface area (Å²) in [4.78, 5) is 0. The number of rotatable bonds is 6. The van der Waals surface area contributed by atoms with Crippen LogP contribution in [-0.2, 0) is 4.74 Å². The van der Waals surface area contributed by atoms with Crippen molar-refractivity contribution in [3.63, 3.8) is 0 Å². The Morgan fingerprint density at radius 1 is 1.26 bits per heavy atom. The first kappa shape index (κ1) is 19.5. The molecule has 1 aromatic heterocycles. The summed E-state index contributed by atoms with van der Waals surface area (Å²) >= 11 is 2.11. The molecule has 0 aliphatic heterocycles. The van der Waals surface area contributed by atoms with Gasteiger partial charge in [-0.1, -0.05) is 0 Å². The Hall–Kier alpha value is -2.25. The quantitative estimate of drug-likeness (QED) is 0.290. The van der Waals surface area contributed by atoms with Gasteiger partial charge >= 0.3 is 0 Å². The molecule has 0 fully saturated rings. The van der Waals surface area contributed by atoms with Gasteiger partial charge in [-0.2, -0.15) is 5.26 Å². The van der Waals surface area contributed by atoms with Crippen molar-refractivity contribution in [2.24, 2.45) is 0 Å². The summed E-state index contributed by atoms with van der Waals surface area (Å²) < 4.78 is 41.2. The standard InChI is InChI=1S/C19H13F2IN2O2S/c1-2-25-8-6-15-14-5-7-24(27-22)18(14)10-17(21)19(15)26-13-3-4-16(20)12(9-13)11-23/h3-10H,2H2,1H3/b8-6+. The molecule has 138 valence electrons. The van der Waals surface area contributed by atoms with Gasteiger partial charge in [-0.3, -0.25) is 3.97 Å². The Bertz CT molecular complexity index is 1060. The molecule has 4 nitrogen and oxygen atoms in total. The van der Waals surface area contributed by atoms with Gasteiger partial charge in [-0.05, 0) is 31.2 Å². The van der Waals surface area contributed by atoms with E-state index < -0.39 is 11.6 Å². The molecular formula is C19H13F2IN2O2S. The summed E-state index contributed by atoms with van der Waals surface area (Å²) in [5, 5.41) is 9.75. The number of hydrogen-bond donors (Lipinski definition) is 0. The number of nitriles is 1.